The third-order valence-corrected chi connectivity index (χ3v) is 4.15. The molecule has 2 atom stereocenters. The Hall–Kier alpha value is 0.270. The summed E-state index contributed by atoms with van der Waals surface area (Å²) < 4.78 is 0. The zero-order valence-electron chi connectivity index (χ0n) is 10.8. The van der Waals surface area contributed by atoms with Crippen LogP contribution < -0.4 is 5.32 Å². The van der Waals surface area contributed by atoms with Gasteiger partial charge in [-0.2, -0.15) is 11.8 Å². The minimum atomic E-state index is -0.133. The zero-order chi connectivity index (χ0) is 11.9. The van der Waals surface area contributed by atoms with Crippen LogP contribution in [-0.4, -0.2) is 34.8 Å². The second-order valence-electron chi connectivity index (χ2n) is 5.05. The molecule has 0 fully saturated rings. The van der Waals surface area contributed by atoms with E-state index in [-0.39, 0.29) is 12.1 Å². The summed E-state index contributed by atoms with van der Waals surface area (Å²) in [6, 6.07) is 0.423. The second-order valence-corrected chi connectivity index (χ2v) is 6.08. The molecule has 0 aromatic carbocycles. The van der Waals surface area contributed by atoms with Crippen molar-refractivity contribution >= 4 is 11.8 Å². The normalized spacial score (nSPS) is 17.8. The quantitative estimate of drug-likeness (QED) is 0.676. The highest BCUT2D eigenvalue weighted by Gasteiger charge is 2.23. The number of hydrogen-bond donors (Lipinski definition) is 2. The summed E-state index contributed by atoms with van der Waals surface area (Å²) in [5, 5.41) is 12.8. The van der Waals surface area contributed by atoms with Crippen molar-refractivity contribution in [2.75, 3.05) is 18.1 Å². The minimum Gasteiger partial charge on any atom is -0.394 e. The first-order valence-electron chi connectivity index (χ1n) is 5.90. The van der Waals surface area contributed by atoms with Gasteiger partial charge in [-0.1, -0.05) is 34.1 Å². The molecule has 0 aliphatic carbocycles. The number of nitrogens with one attached hydrogen (secondary N) is 1. The molecule has 0 aliphatic heterocycles. The molecular formula is C12H27NOS. The van der Waals surface area contributed by atoms with Crippen LogP contribution >= 0.6 is 11.8 Å². The first-order chi connectivity index (χ1) is 6.93. The van der Waals surface area contributed by atoms with E-state index in [4.69, 9.17) is 0 Å². The van der Waals surface area contributed by atoms with Gasteiger partial charge >= 0.3 is 0 Å². The third kappa shape index (κ3) is 7.20. The molecular weight excluding hydrogens is 206 g/mol. The molecule has 0 bridgehead atoms. The van der Waals surface area contributed by atoms with E-state index in [1.165, 1.54) is 12.2 Å². The lowest BCUT2D eigenvalue weighted by Crippen LogP contribution is -2.51. The van der Waals surface area contributed by atoms with E-state index in [1.807, 2.05) is 11.8 Å². The van der Waals surface area contributed by atoms with Crippen LogP contribution in [-0.2, 0) is 0 Å². The largest absolute Gasteiger partial charge is 0.394 e. The Morgan fingerprint density at radius 1 is 1.33 bits per heavy atom. The molecule has 92 valence electrons. The van der Waals surface area contributed by atoms with Crippen molar-refractivity contribution in [3.63, 3.8) is 0 Å². The fourth-order valence-electron chi connectivity index (χ4n) is 1.43. The van der Waals surface area contributed by atoms with Crippen molar-refractivity contribution in [3.05, 3.63) is 0 Å². The maximum absolute atomic E-state index is 9.38. The van der Waals surface area contributed by atoms with Gasteiger partial charge in [0, 0.05) is 17.3 Å². The highest BCUT2D eigenvalue weighted by atomic mass is 32.2. The van der Waals surface area contributed by atoms with Gasteiger partial charge < -0.3 is 10.4 Å². The predicted molar refractivity (Wildman–Crippen MR) is 70.5 cm³/mol. The Balaban J connectivity index is 3.87. The van der Waals surface area contributed by atoms with Crippen LogP contribution in [0.2, 0.25) is 0 Å². The standard InChI is InChI=1S/C12H27NOS/c1-6-11(4)7-15-9-12(5,8-14)13-10(2)3/h10-11,13-14H,6-9H2,1-5H3. The SMILES string of the molecule is CCC(C)CSCC(C)(CO)NC(C)C. The van der Waals surface area contributed by atoms with E-state index < -0.39 is 0 Å². The lowest BCUT2D eigenvalue weighted by atomic mass is 10.1. The topological polar surface area (TPSA) is 32.3 Å². The molecule has 3 heteroatoms. The molecule has 0 rings (SSSR count). The molecule has 0 spiro atoms. The highest BCUT2D eigenvalue weighted by Crippen LogP contribution is 2.17. The van der Waals surface area contributed by atoms with Crippen molar-refractivity contribution < 1.29 is 5.11 Å². The summed E-state index contributed by atoms with van der Waals surface area (Å²) in [6.45, 7) is 11.0. The van der Waals surface area contributed by atoms with Gasteiger partial charge in [-0.15, -0.1) is 0 Å². The fraction of sp³-hybridized carbons (Fsp3) is 1.00. The molecule has 15 heavy (non-hydrogen) atoms. The van der Waals surface area contributed by atoms with Gasteiger partial charge in [0.05, 0.1) is 6.61 Å². The van der Waals surface area contributed by atoms with E-state index in [2.05, 4.69) is 39.9 Å². The van der Waals surface area contributed by atoms with Crippen LogP contribution in [0.25, 0.3) is 0 Å². The van der Waals surface area contributed by atoms with Crippen LogP contribution in [0.15, 0.2) is 0 Å². The number of aliphatic hydroxyl groups excluding tert-OH is 1. The number of rotatable bonds is 8. The van der Waals surface area contributed by atoms with Gasteiger partial charge in [-0.3, -0.25) is 0 Å². The van der Waals surface area contributed by atoms with Crippen LogP contribution in [0, 0.1) is 5.92 Å². The van der Waals surface area contributed by atoms with Gasteiger partial charge in [0.2, 0.25) is 0 Å². The number of aliphatic hydroxyl groups is 1. The van der Waals surface area contributed by atoms with Gasteiger partial charge in [0.1, 0.15) is 0 Å². The Kier molecular flexibility index (Phi) is 7.66. The van der Waals surface area contributed by atoms with Crippen molar-refractivity contribution in [2.45, 2.75) is 52.6 Å². The summed E-state index contributed by atoms with van der Waals surface area (Å²) in [7, 11) is 0. The zero-order valence-corrected chi connectivity index (χ0v) is 11.7. The Bertz CT molecular complexity index is 164. The molecule has 0 aromatic heterocycles. The smallest absolute Gasteiger partial charge is 0.0618 e. The molecule has 2 unspecified atom stereocenters. The summed E-state index contributed by atoms with van der Waals surface area (Å²) in [5.41, 5.74) is -0.133. The maximum atomic E-state index is 9.38. The van der Waals surface area contributed by atoms with Crippen molar-refractivity contribution in [2.24, 2.45) is 5.92 Å². The van der Waals surface area contributed by atoms with Crippen molar-refractivity contribution in [1.82, 2.24) is 5.32 Å². The van der Waals surface area contributed by atoms with E-state index in [9.17, 15) is 5.11 Å². The second kappa shape index (κ2) is 7.53. The van der Waals surface area contributed by atoms with E-state index in [0.29, 0.717) is 6.04 Å². The monoisotopic (exact) mass is 233 g/mol. The third-order valence-electron chi connectivity index (χ3n) is 2.51. The highest BCUT2D eigenvalue weighted by molar-refractivity contribution is 7.99. The first-order valence-corrected chi connectivity index (χ1v) is 7.05. The van der Waals surface area contributed by atoms with Gasteiger partial charge in [-0.25, -0.2) is 0 Å². The molecule has 2 N–H and O–H groups in total. The summed E-state index contributed by atoms with van der Waals surface area (Å²) in [6.07, 6.45) is 1.24. The maximum Gasteiger partial charge on any atom is 0.0618 e. The van der Waals surface area contributed by atoms with Crippen LogP contribution in [0.1, 0.15) is 41.0 Å². The summed E-state index contributed by atoms with van der Waals surface area (Å²) in [5.74, 6) is 2.94. The molecule has 0 aromatic rings. The van der Waals surface area contributed by atoms with E-state index >= 15 is 0 Å². The molecule has 0 heterocycles. The molecule has 2 nitrogen and oxygen atoms in total. The Morgan fingerprint density at radius 2 is 1.93 bits per heavy atom. The summed E-state index contributed by atoms with van der Waals surface area (Å²) in [4.78, 5) is 0. The van der Waals surface area contributed by atoms with E-state index in [0.717, 1.165) is 11.7 Å². The van der Waals surface area contributed by atoms with Gasteiger partial charge in [-0.05, 0) is 18.6 Å². The average Bonchev–Trinajstić information content (AvgIpc) is 2.16. The lowest BCUT2D eigenvalue weighted by molar-refractivity contribution is 0.183. The molecule has 0 saturated carbocycles. The Morgan fingerprint density at radius 3 is 2.33 bits per heavy atom. The number of thioether (sulfide) groups is 1. The average molecular weight is 233 g/mol. The number of hydrogen-bond acceptors (Lipinski definition) is 3. The fourth-order valence-corrected chi connectivity index (χ4v) is 2.81. The van der Waals surface area contributed by atoms with Gasteiger partial charge in [0.15, 0.2) is 0 Å². The van der Waals surface area contributed by atoms with E-state index in [1.54, 1.807) is 0 Å². The van der Waals surface area contributed by atoms with Crippen LogP contribution in [0.5, 0.6) is 0 Å². The van der Waals surface area contributed by atoms with Crippen LogP contribution in [0.3, 0.4) is 0 Å². The molecule has 0 aliphatic rings. The van der Waals surface area contributed by atoms with Crippen molar-refractivity contribution in [1.29, 1.82) is 0 Å². The van der Waals surface area contributed by atoms with Crippen molar-refractivity contribution in [3.8, 4) is 0 Å². The summed E-state index contributed by atoms with van der Waals surface area (Å²) >= 11 is 1.94. The predicted octanol–water partition coefficient (Wildman–Crippen LogP) is 2.51. The van der Waals surface area contributed by atoms with Crippen LogP contribution in [0.4, 0.5) is 0 Å². The lowest BCUT2D eigenvalue weighted by Gasteiger charge is -2.31. The van der Waals surface area contributed by atoms with Gasteiger partial charge in [0.25, 0.3) is 0 Å². The first kappa shape index (κ1) is 15.3. The molecule has 0 saturated heterocycles. The molecule has 0 amide bonds. The Labute approximate surface area is 99.2 Å². The molecule has 0 radical (unpaired) electrons. The minimum absolute atomic E-state index is 0.133.